The minimum atomic E-state index is -1.09. The molecule has 450 valence electrons. The molecule has 8 rings (SSSR count). The summed E-state index contributed by atoms with van der Waals surface area (Å²) in [6.07, 6.45) is -15.0. The SMILES string of the molecule is COC(=O)CC[C@H](NC(=O)C[C@H](NC(=O)CC[C@H](NC(=O)C[C@H](NC(=O)OC(C)(C)C)[C@H]1O[C@H](OC)[C@H]2OC(C)(C)O[C@H]21)[C@H]1O[C@H](OC)[C@H]2OC(C)(C)O[C@H]21)[C@H]1O[C@H](OC)[C@H]2OC(C)(C)O[C@H]21)[C@H]1O[C@H](OC)[C@H]2OC(C)(C)O[C@H]21. The van der Waals surface area contributed by atoms with E-state index in [9.17, 15) is 24.0 Å². The van der Waals surface area contributed by atoms with Gasteiger partial charge in [0, 0.05) is 54.1 Å². The van der Waals surface area contributed by atoms with E-state index in [1.54, 1.807) is 76.2 Å². The van der Waals surface area contributed by atoms with Crippen LogP contribution in [0.1, 0.15) is 115 Å². The summed E-state index contributed by atoms with van der Waals surface area (Å²) >= 11 is 0. The van der Waals surface area contributed by atoms with E-state index < -0.39 is 181 Å². The van der Waals surface area contributed by atoms with Gasteiger partial charge in [-0.15, -0.1) is 0 Å². The summed E-state index contributed by atoms with van der Waals surface area (Å²) in [5, 5.41) is 12.0. The first-order valence-corrected chi connectivity index (χ1v) is 27.1. The summed E-state index contributed by atoms with van der Waals surface area (Å²) in [6, 6.07) is -3.95. The van der Waals surface area contributed by atoms with Gasteiger partial charge in [-0.2, -0.15) is 0 Å². The molecule has 0 bridgehead atoms. The largest absolute Gasteiger partial charge is 0.469 e. The molecule has 0 aliphatic carbocycles. The maximum absolute atomic E-state index is 14.7. The third-order valence-corrected chi connectivity index (χ3v) is 14.8. The first kappa shape index (κ1) is 61.6. The third kappa shape index (κ3) is 14.3. The van der Waals surface area contributed by atoms with Crippen molar-refractivity contribution < 1.29 is 109 Å². The summed E-state index contributed by atoms with van der Waals surface area (Å²) in [5.74, 6) is -6.37. The van der Waals surface area contributed by atoms with Crippen LogP contribution >= 0.6 is 0 Å². The number of fused-ring (bicyclic) bond motifs is 4. The number of esters is 1. The van der Waals surface area contributed by atoms with Crippen molar-refractivity contribution in [2.24, 2.45) is 0 Å². The van der Waals surface area contributed by atoms with Crippen molar-refractivity contribution in [1.82, 2.24) is 21.3 Å². The first-order valence-electron chi connectivity index (χ1n) is 27.1. The van der Waals surface area contributed by atoms with Crippen molar-refractivity contribution in [1.29, 1.82) is 0 Å². The molecule has 4 N–H and O–H groups in total. The average molecular weight is 1130 g/mol. The normalized spacial score (nSPS) is 37.7. The molecule has 27 nitrogen and oxygen atoms in total. The molecule has 0 radical (unpaired) electrons. The van der Waals surface area contributed by atoms with E-state index in [4.69, 9.17) is 85.3 Å². The smallest absolute Gasteiger partial charge is 0.407 e. The van der Waals surface area contributed by atoms with E-state index in [0.29, 0.717) is 0 Å². The molecule has 4 amide bonds. The van der Waals surface area contributed by atoms with Crippen LogP contribution in [0.2, 0.25) is 0 Å². The topological polar surface area (TPSA) is 300 Å². The second kappa shape index (κ2) is 24.0. The monoisotopic (exact) mass is 1130 g/mol. The molecule has 0 unspecified atom stereocenters. The van der Waals surface area contributed by atoms with E-state index in [-0.39, 0.29) is 38.5 Å². The number of carbonyl (C=O) groups excluding carboxylic acids is 5. The van der Waals surface area contributed by atoms with Gasteiger partial charge in [0.2, 0.25) is 17.7 Å². The fourth-order valence-corrected chi connectivity index (χ4v) is 11.9. The molecule has 8 aliphatic heterocycles. The quantitative estimate of drug-likeness (QED) is 0.111. The Kier molecular flexibility index (Phi) is 18.7. The highest BCUT2D eigenvalue weighted by atomic mass is 16.8. The standard InChI is InChI=1S/C52H84N4O23/c1-48(2,3)79-47(61)56-26(34-38-42(46(66-16)70-34)78-52(10,11)74-38)22-29(59)53-23(31-35-39(43(63-13)67-31)75-49(4,5)71-35)17-19-27(57)55-25(33-37-41(45(65-15)69-33)77-51(8,9)73-37)21-28(58)54-24(18-20-30(60)62-12)32-36-40(44(64-14)68-32)76-50(6,7)72-36/h23-26,31-46H,17-22H2,1-16H3,(H,53,59)(H,54,58)(H,55,57)(H,56,61)/t23-,24-,25-,26-,31+,32+,33+,34+,35-,36-,37-,38-,39-,40-,41-,42-,43-,44-,45-,46-/m0/s1. The van der Waals surface area contributed by atoms with E-state index in [0.717, 1.165) is 0 Å². The number of alkyl carbamates (subject to hydrolysis) is 1. The molecule has 0 spiro atoms. The van der Waals surface area contributed by atoms with Crippen LogP contribution in [0, 0.1) is 0 Å². The zero-order valence-electron chi connectivity index (χ0n) is 48.2. The number of hydrogen-bond acceptors (Lipinski definition) is 23. The molecule has 79 heavy (non-hydrogen) atoms. The summed E-state index contributed by atoms with van der Waals surface area (Å²) < 4.78 is 108. The molecule has 8 fully saturated rings. The molecule has 8 saturated heterocycles. The summed E-state index contributed by atoms with van der Waals surface area (Å²) in [6.45, 7) is 19.1. The molecule has 0 aromatic heterocycles. The van der Waals surface area contributed by atoms with Gasteiger partial charge in [-0.05, 0) is 89.0 Å². The lowest BCUT2D eigenvalue weighted by Gasteiger charge is -2.32. The van der Waals surface area contributed by atoms with Crippen molar-refractivity contribution in [2.75, 3.05) is 35.5 Å². The van der Waals surface area contributed by atoms with E-state index in [2.05, 4.69) is 21.3 Å². The second-order valence-corrected chi connectivity index (χ2v) is 23.9. The van der Waals surface area contributed by atoms with Crippen LogP contribution in [0.15, 0.2) is 0 Å². The average Bonchev–Trinajstić information content (AvgIpc) is 4.25. The molecular formula is C52H84N4O23. The van der Waals surface area contributed by atoms with Crippen molar-refractivity contribution in [2.45, 2.75) is 266 Å². The molecule has 0 aromatic carbocycles. The van der Waals surface area contributed by atoms with Crippen LogP contribution in [-0.2, 0) is 104 Å². The number of carbonyl (C=O) groups is 5. The van der Waals surface area contributed by atoms with Crippen LogP contribution in [0.5, 0.6) is 0 Å². The predicted molar refractivity (Wildman–Crippen MR) is 267 cm³/mol. The molecule has 0 saturated carbocycles. The lowest BCUT2D eigenvalue weighted by Crippen LogP contribution is -2.55. The lowest BCUT2D eigenvalue weighted by molar-refractivity contribution is -0.231. The van der Waals surface area contributed by atoms with Crippen LogP contribution in [0.3, 0.4) is 0 Å². The molecular weight excluding hydrogens is 1050 g/mol. The van der Waals surface area contributed by atoms with E-state index in [1.807, 2.05) is 0 Å². The summed E-state index contributed by atoms with van der Waals surface area (Å²) in [5.41, 5.74) is -0.889. The summed E-state index contributed by atoms with van der Waals surface area (Å²) in [7, 11) is 7.09. The zero-order chi connectivity index (χ0) is 57.7. The van der Waals surface area contributed by atoms with Crippen LogP contribution in [0.4, 0.5) is 4.79 Å². The van der Waals surface area contributed by atoms with Crippen molar-refractivity contribution >= 4 is 29.8 Å². The minimum absolute atomic E-state index is 0.0581. The van der Waals surface area contributed by atoms with Gasteiger partial charge in [-0.25, -0.2) is 4.79 Å². The Morgan fingerprint density at radius 1 is 0.418 bits per heavy atom. The number of hydrogen-bond donors (Lipinski definition) is 4. The van der Waals surface area contributed by atoms with Crippen LogP contribution in [-0.4, -0.2) is 217 Å². The van der Waals surface area contributed by atoms with Gasteiger partial charge in [-0.1, -0.05) is 0 Å². The fraction of sp³-hybridized carbons (Fsp3) is 0.904. The minimum Gasteiger partial charge on any atom is -0.469 e. The Bertz CT molecular complexity index is 2180. The van der Waals surface area contributed by atoms with Crippen molar-refractivity contribution in [3.8, 4) is 0 Å². The van der Waals surface area contributed by atoms with Gasteiger partial charge < -0.3 is 107 Å². The van der Waals surface area contributed by atoms with Gasteiger partial charge in [0.1, 0.15) is 78.8 Å². The number of ether oxygens (including phenoxy) is 18. The van der Waals surface area contributed by atoms with Crippen LogP contribution < -0.4 is 21.3 Å². The van der Waals surface area contributed by atoms with E-state index in [1.165, 1.54) is 35.5 Å². The lowest BCUT2D eigenvalue weighted by atomic mass is 9.96. The van der Waals surface area contributed by atoms with Gasteiger partial charge >= 0.3 is 12.1 Å². The molecule has 8 aliphatic rings. The van der Waals surface area contributed by atoms with Gasteiger partial charge in [0.05, 0.1) is 31.3 Å². The molecule has 27 heteroatoms. The highest BCUT2D eigenvalue weighted by molar-refractivity contribution is 5.81. The van der Waals surface area contributed by atoms with E-state index >= 15 is 0 Å². The Labute approximate surface area is 460 Å². The number of methoxy groups -OCH3 is 5. The Balaban J connectivity index is 1.04. The zero-order valence-corrected chi connectivity index (χ0v) is 48.2. The molecule has 0 aromatic rings. The van der Waals surface area contributed by atoms with Gasteiger partial charge in [0.25, 0.3) is 0 Å². The molecule has 20 atom stereocenters. The van der Waals surface area contributed by atoms with Gasteiger partial charge in [0.15, 0.2) is 48.3 Å². The maximum atomic E-state index is 14.7. The third-order valence-electron chi connectivity index (χ3n) is 14.8. The van der Waals surface area contributed by atoms with Gasteiger partial charge in [-0.3, -0.25) is 19.2 Å². The predicted octanol–water partition coefficient (Wildman–Crippen LogP) is 1.41. The number of nitrogens with one attached hydrogen (secondary N) is 4. The Hall–Kier alpha value is -3.49. The fourth-order valence-electron chi connectivity index (χ4n) is 11.9. The molecule has 8 heterocycles. The Morgan fingerprint density at radius 2 is 0.709 bits per heavy atom. The highest BCUT2D eigenvalue weighted by Crippen LogP contribution is 2.45. The van der Waals surface area contributed by atoms with Crippen LogP contribution in [0.25, 0.3) is 0 Å². The Morgan fingerprint density at radius 3 is 1.03 bits per heavy atom. The first-order chi connectivity index (χ1) is 37.0. The maximum Gasteiger partial charge on any atom is 0.407 e. The van der Waals surface area contributed by atoms with Crippen molar-refractivity contribution in [3.05, 3.63) is 0 Å². The second-order valence-electron chi connectivity index (χ2n) is 23.9. The number of amides is 4. The highest BCUT2D eigenvalue weighted by Gasteiger charge is 2.62. The van der Waals surface area contributed by atoms with Crippen molar-refractivity contribution in [3.63, 3.8) is 0 Å². The summed E-state index contributed by atoms with van der Waals surface area (Å²) in [4.78, 5) is 69.9. The number of rotatable bonds is 22.